The number of para-hydroxylation sites is 1. The lowest BCUT2D eigenvalue weighted by atomic mass is 10.1. The number of aryl methyl sites for hydroxylation is 1. The van der Waals surface area contributed by atoms with Gasteiger partial charge in [0.25, 0.3) is 0 Å². The second kappa shape index (κ2) is 6.33. The molecule has 3 nitrogen and oxygen atoms in total. The fourth-order valence-corrected chi connectivity index (χ4v) is 3.44. The summed E-state index contributed by atoms with van der Waals surface area (Å²) in [5, 5.41) is 1.29. The molecule has 1 aromatic heterocycles. The Morgan fingerprint density at radius 1 is 1.29 bits per heavy atom. The van der Waals surface area contributed by atoms with E-state index in [0.717, 1.165) is 12.8 Å². The number of aromatic nitrogens is 1. The van der Waals surface area contributed by atoms with Gasteiger partial charge in [0.2, 0.25) is 5.91 Å². The molecule has 0 unspecified atom stereocenters. The van der Waals surface area contributed by atoms with Crippen molar-refractivity contribution >= 4 is 16.8 Å². The fourth-order valence-electron chi connectivity index (χ4n) is 3.44. The molecule has 1 N–H and O–H groups in total. The second-order valence-corrected chi connectivity index (χ2v) is 6.16. The van der Waals surface area contributed by atoms with E-state index in [1.807, 2.05) is 18.0 Å². The molecule has 3 rings (SSSR count). The van der Waals surface area contributed by atoms with Gasteiger partial charge in [0.15, 0.2) is 0 Å². The Kier molecular flexibility index (Phi) is 4.28. The Balaban J connectivity index is 1.52. The topological polar surface area (TPSA) is 36.1 Å². The molecule has 1 amide bonds. The van der Waals surface area contributed by atoms with Gasteiger partial charge in [0.05, 0.1) is 0 Å². The van der Waals surface area contributed by atoms with E-state index < -0.39 is 0 Å². The van der Waals surface area contributed by atoms with Crippen LogP contribution >= 0.6 is 0 Å². The Morgan fingerprint density at radius 2 is 2.05 bits per heavy atom. The van der Waals surface area contributed by atoms with Crippen LogP contribution in [0.4, 0.5) is 0 Å². The van der Waals surface area contributed by atoms with E-state index in [1.165, 1.54) is 42.1 Å². The quantitative estimate of drug-likeness (QED) is 0.888. The molecule has 1 heterocycles. The first-order chi connectivity index (χ1) is 10.3. The molecule has 3 heteroatoms. The molecule has 1 saturated carbocycles. The van der Waals surface area contributed by atoms with Crippen LogP contribution in [-0.4, -0.2) is 28.9 Å². The maximum Gasteiger partial charge on any atom is 0.222 e. The zero-order valence-corrected chi connectivity index (χ0v) is 12.8. The SMILES string of the molecule is CN(C(=O)CCCc1c[nH]c2ccccc12)C1CCCC1. The number of carbonyl (C=O) groups excluding carboxylic acids is 1. The van der Waals surface area contributed by atoms with E-state index >= 15 is 0 Å². The molecule has 0 aliphatic heterocycles. The molecule has 0 spiro atoms. The van der Waals surface area contributed by atoms with Gasteiger partial charge in [-0.15, -0.1) is 0 Å². The minimum absolute atomic E-state index is 0.307. The normalized spacial score (nSPS) is 15.7. The van der Waals surface area contributed by atoms with Crippen LogP contribution < -0.4 is 0 Å². The zero-order valence-electron chi connectivity index (χ0n) is 12.8. The fraction of sp³-hybridized carbons (Fsp3) is 0.500. The van der Waals surface area contributed by atoms with E-state index in [9.17, 15) is 4.79 Å². The summed E-state index contributed by atoms with van der Waals surface area (Å²) in [5.74, 6) is 0.307. The zero-order chi connectivity index (χ0) is 14.7. The summed E-state index contributed by atoms with van der Waals surface area (Å²) in [7, 11) is 1.98. The molecular formula is C18H24N2O. The average Bonchev–Trinajstić information content (AvgIpc) is 3.16. The number of benzene rings is 1. The smallest absolute Gasteiger partial charge is 0.222 e. The van der Waals surface area contributed by atoms with Crippen molar-refractivity contribution in [2.75, 3.05) is 7.05 Å². The molecule has 1 fully saturated rings. The maximum absolute atomic E-state index is 12.2. The molecule has 2 aromatic rings. The summed E-state index contributed by atoms with van der Waals surface area (Å²) in [4.78, 5) is 17.5. The number of hydrogen-bond acceptors (Lipinski definition) is 1. The standard InChI is InChI=1S/C18H24N2O/c1-20(15-8-2-3-9-15)18(21)12-6-7-14-13-19-17-11-5-4-10-16(14)17/h4-5,10-11,13,15,19H,2-3,6-9,12H2,1H3. The van der Waals surface area contributed by atoms with Gasteiger partial charge in [-0.05, 0) is 37.3 Å². The van der Waals surface area contributed by atoms with Gasteiger partial charge in [0, 0.05) is 36.6 Å². The van der Waals surface area contributed by atoms with Crippen molar-refractivity contribution in [1.29, 1.82) is 0 Å². The van der Waals surface area contributed by atoms with Crippen molar-refractivity contribution in [2.24, 2.45) is 0 Å². The summed E-state index contributed by atoms with van der Waals surface area (Å²) in [5.41, 5.74) is 2.50. The van der Waals surface area contributed by atoms with Crippen LogP contribution in [0.15, 0.2) is 30.5 Å². The second-order valence-electron chi connectivity index (χ2n) is 6.16. The minimum atomic E-state index is 0.307. The Hall–Kier alpha value is -1.77. The van der Waals surface area contributed by atoms with Crippen LogP contribution in [-0.2, 0) is 11.2 Å². The van der Waals surface area contributed by atoms with Crippen LogP contribution in [0, 0.1) is 0 Å². The third-order valence-electron chi connectivity index (χ3n) is 4.78. The highest BCUT2D eigenvalue weighted by Gasteiger charge is 2.22. The van der Waals surface area contributed by atoms with Gasteiger partial charge in [-0.2, -0.15) is 0 Å². The minimum Gasteiger partial charge on any atom is -0.361 e. The van der Waals surface area contributed by atoms with Crippen LogP contribution in [0.3, 0.4) is 0 Å². The van der Waals surface area contributed by atoms with Gasteiger partial charge in [-0.25, -0.2) is 0 Å². The first kappa shape index (κ1) is 14.2. The lowest BCUT2D eigenvalue weighted by Crippen LogP contribution is -2.35. The van der Waals surface area contributed by atoms with Gasteiger partial charge in [-0.3, -0.25) is 4.79 Å². The molecule has 0 saturated heterocycles. The summed E-state index contributed by atoms with van der Waals surface area (Å²) in [6.07, 6.45) is 9.55. The van der Waals surface area contributed by atoms with Crippen molar-refractivity contribution in [3.05, 3.63) is 36.0 Å². The van der Waals surface area contributed by atoms with Crippen molar-refractivity contribution in [3.8, 4) is 0 Å². The van der Waals surface area contributed by atoms with Gasteiger partial charge in [-0.1, -0.05) is 31.0 Å². The van der Waals surface area contributed by atoms with E-state index in [2.05, 4.69) is 29.4 Å². The molecular weight excluding hydrogens is 260 g/mol. The summed E-state index contributed by atoms with van der Waals surface area (Å²) < 4.78 is 0. The third kappa shape index (κ3) is 3.12. The molecule has 0 radical (unpaired) electrons. The first-order valence-corrected chi connectivity index (χ1v) is 8.06. The number of nitrogens with one attached hydrogen (secondary N) is 1. The molecule has 0 atom stereocenters. The molecule has 1 aliphatic rings. The monoisotopic (exact) mass is 284 g/mol. The van der Waals surface area contributed by atoms with E-state index in [1.54, 1.807) is 0 Å². The van der Waals surface area contributed by atoms with Gasteiger partial charge in [0.1, 0.15) is 0 Å². The predicted octanol–water partition coefficient (Wildman–Crippen LogP) is 3.89. The Bertz CT molecular complexity index is 610. The number of aromatic amines is 1. The summed E-state index contributed by atoms with van der Waals surface area (Å²) in [6, 6.07) is 8.85. The van der Waals surface area contributed by atoms with Crippen LogP contribution in [0.5, 0.6) is 0 Å². The van der Waals surface area contributed by atoms with E-state index in [4.69, 9.17) is 0 Å². The van der Waals surface area contributed by atoms with E-state index in [0.29, 0.717) is 18.4 Å². The lowest BCUT2D eigenvalue weighted by molar-refractivity contribution is -0.131. The maximum atomic E-state index is 12.2. The van der Waals surface area contributed by atoms with Crippen molar-refractivity contribution < 1.29 is 4.79 Å². The molecule has 1 aliphatic carbocycles. The Morgan fingerprint density at radius 3 is 2.86 bits per heavy atom. The van der Waals surface area contributed by atoms with Gasteiger partial charge < -0.3 is 9.88 Å². The van der Waals surface area contributed by atoms with Crippen molar-refractivity contribution in [3.63, 3.8) is 0 Å². The van der Waals surface area contributed by atoms with Crippen LogP contribution in [0.25, 0.3) is 10.9 Å². The van der Waals surface area contributed by atoms with Crippen LogP contribution in [0.2, 0.25) is 0 Å². The number of hydrogen-bond donors (Lipinski definition) is 1. The number of rotatable bonds is 5. The number of amides is 1. The molecule has 1 aromatic carbocycles. The van der Waals surface area contributed by atoms with Crippen molar-refractivity contribution in [2.45, 2.75) is 51.0 Å². The predicted molar refractivity (Wildman–Crippen MR) is 86.3 cm³/mol. The highest BCUT2D eigenvalue weighted by Crippen LogP contribution is 2.23. The number of fused-ring (bicyclic) bond motifs is 1. The lowest BCUT2D eigenvalue weighted by Gasteiger charge is -2.24. The first-order valence-electron chi connectivity index (χ1n) is 8.06. The number of H-pyrrole nitrogens is 1. The molecule has 21 heavy (non-hydrogen) atoms. The summed E-state index contributed by atoms with van der Waals surface area (Å²) in [6.45, 7) is 0. The van der Waals surface area contributed by atoms with E-state index in [-0.39, 0.29) is 0 Å². The van der Waals surface area contributed by atoms with Crippen molar-refractivity contribution in [1.82, 2.24) is 9.88 Å². The highest BCUT2D eigenvalue weighted by molar-refractivity contribution is 5.83. The average molecular weight is 284 g/mol. The third-order valence-corrected chi connectivity index (χ3v) is 4.78. The number of nitrogens with zero attached hydrogens (tertiary/aromatic N) is 1. The highest BCUT2D eigenvalue weighted by atomic mass is 16.2. The summed E-state index contributed by atoms with van der Waals surface area (Å²) >= 11 is 0. The number of carbonyl (C=O) groups is 1. The molecule has 0 bridgehead atoms. The van der Waals surface area contributed by atoms with Gasteiger partial charge >= 0.3 is 0 Å². The Labute approximate surface area is 126 Å². The van der Waals surface area contributed by atoms with Crippen LogP contribution in [0.1, 0.15) is 44.1 Å². The largest absolute Gasteiger partial charge is 0.361 e. The molecule has 112 valence electrons.